The first kappa shape index (κ1) is 13.0. The molecular weight excluding hydrogens is 228 g/mol. The highest BCUT2D eigenvalue weighted by atomic mass is 35.5. The first-order valence-electron chi connectivity index (χ1n) is 4.97. The topological polar surface area (TPSA) is 64.3 Å². The normalized spacial score (nSPS) is 10.2. The molecule has 1 amide bonds. The van der Waals surface area contributed by atoms with E-state index < -0.39 is 0 Å². The summed E-state index contributed by atoms with van der Waals surface area (Å²) < 4.78 is 5.00. The SMILES string of the molecule is Cc1ccc(NC(=O)COCCN)c(Cl)c1. The van der Waals surface area contributed by atoms with Gasteiger partial charge in [0.2, 0.25) is 5.91 Å². The lowest BCUT2D eigenvalue weighted by Gasteiger charge is -2.07. The quantitative estimate of drug-likeness (QED) is 0.771. The van der Waals surface area contributed by atoms with Gasteiger partial charge in [0.05, 0.1) is 17.3 Å². The van der Waals surface area contributed by atoms with Gasteiger partial charge in [0.1, 0.15) is 6.61 Å². The average Bonchev–Trinajstić information content (AvgIpc) is 2.23. The van der Waals surface area contributed by atoms with E-state index in [9.17, 15) is 4.79 Å². The lowest BCUT2D eigenvalue weighted by atomic mass is 10.2. The van der Waals surface area contributed by atoms with Crippen LogP contribution < -0.4 is 11.1 Å². The van der Waals surface area contributed by atoms with Crippen LogP contribution >= 0.6 is 11.6 Å². The van der Waals surface area contributed by atoms with E-state index in [0.717, 1.165) is 5.56 Å². The standard InChI is InChI=1S/C11H15ClN2O2/c1-8-2-3-10(9(12)6-8)14-11(15)7-16-5-4-13/h2-3,6H,4-5,7,13H2,1H3,(H,14,15). The summed E-state index contributed by atoms with van der Waals surface area (Å²) in [4.78, 5) is 11.4. The number of amides is 1. The summed E-state index contributed by atoms with van der Waals surface area (Å²) in [6.07, 6.45) is 0. The highest BCUT2D eigenvalue weighted by molar-refractivity contribution is 6.33. The molecule has 3 N–H and O–H groups in total. The second kappa shape index (κ2) is 6.48. The Labute approximate surface area is 99.7 Å². The second-order valence-electron chi connectivity index (χ2n) is 3.37. The minimum Gasteiger partial charge on any atom is -0.370 e. The Morgan fingerprint density at radius 2 is 2.31 bits per heavy atom. The molecule has 0 radical (unpaired) electrons. The number of hydrogen-bond acceptors (Lipinski definition) is 3. The third kappa shape index (κ3) is 4.18. The first-order valence-corrected chi connectivity index (χ1v) is 5.35. The van der Waals surface area contributed by atoms with Crippen molar-refractivity contribution >= 4 is 23.2 Å². The van der Waals surface area contributed by atoms with Gasteiger partial charge in [-0.05, 0) is 24.6 Å². The van der Waals surface area contributed by atoms with Crippen LogP contribution in [0.1, 0.15) is 5.56 Å². The average molecular weight is 243 g/mol. The molecule has 4 nitrogen and oxygen atoms in total. The van der Waals surface area contributed by atoms with Crippen molar-refractivity contribution in [2.75, 3.05) is 25.1 Å². The van der Waals surface area contributed by atoms with E-state index in [0.29, 0.717) is 23.9 Å². The fourth-order valence-corrected chi connectivity index (χ4v) is 1.44. The van der Waals surface area contributed by atoms with Gasteiger partial charge in [0.25, 0.3) is 0 Å². The Morgan fingerprint density at radius 3 is 2.94 bits per heavy atom. The molecule has 1 rings (SSSR count). The summed E-state index contributed by atoms with van der Waals surface area (Å²) >= 11 is 5.96. The van der Waals surface area contributed by atoms with Crippen molar-refractivity contribution in [3.05, 3.63) is 28.8 Å². The molecule has 0 aliphatic heterocycles. The summed E-state index contributed by atoms with van der Waals surface area (Å²) in [5.41, 5.74) is 6.87. The van der Waals surface area contributed by atoms with Crippen LogP contribution in [-0.4, -0.2) is 25.7 Å². The molecule has 0 aliphatic rings. The van der Waals surface area contributed by atoms with E-state index >= 15 is 0 Å². The molecule has 16 heavy (non-hydrogen) atoms. The minimum atomic E-state index is -0.237. The molecule has 1 aromatic rings. The van der Waals surface area contributed by atoms with Gasteiger partial charge >= 0.3 is 0 Å². The predicted octanol–water partition coefficient (Wildman–Crippen LogP) is 1.56. The molecule has 0 saturated heterocycles. The molecule has 0 aromatic heterocycles. The third-order valence-corrected chi connectivity index (χ3v) is 2.21. The minimum absolute atomic E-state index is 0.0125. The number of benzene rings is 1. The van der Waals surface area contributed by atoms with Crippen LogP contribution in [0.25, 0.3) is 0 Å². The van der Waals surface area contributed by atoms with Crippen LogP contribution in [0.3, 0.4) is 0 Å². The van der Waals surface area contributed by atoms with Gasteiger partial charge in [0, 0.05) is 6.54 Å². The first-order chi connectivity index (χ1) is 7.63. The van der Waals surface area contributed by atoms with E-state index in [4.69, 9.17) is 22.1 Å². The van der Waals surface area contributed by atoms with Crippen molar-refractivity contribution in [3.8, 4) is 0 Å². The highest BCUT2D eigenvalue weighted by Crippen LogP contribution is 2.22. The smallest absolute Gasteiger partial charge is 0.250 e. The van der Waals surface area contributed by atoms with Crippen molar-refractivity contribution in [2.45, 2.75) is 6.92 Å². The summed E-state index contributed by atoms with van der Waals surface area (Å²) in [6, 6.07) is 5.43. The largest absolute Gasteiger partial charge is 0.370 e. The molecule has 0 bridgehead atoms. The van der Waals surface area contributed by atoms with Gasteiger partial charge < -0.3 is 15.8 Å². The van der Waals surface area contributed by atoms with Crippen LogP contribution in [0, 0.1) is 6.92 Å². The molecule has 0 saturated carbocycles. The number of aryl methyl sites for hydroxylation is 1. The van der Waals surface area contributed by atoms with Crippen LogP contribution in [0.2, 0.25) is 5.02 Å². The van der Waals surface area contributed by atoms with Crippen LogP contribution in [0.4, 0.5) is 5.69 Å². The number of hydrogen-bond donors (Lipinski definition) is 2. The number of halogens is 1. The van der Waals surface area contributed by atoms with Crippen molar-refractivity contribution in [3.63, 3.8) is 0 Å². The fourth-order valence-electron chi connectivity index (χ4n) is 1.16. The van der Waals surface area contributed by atoms with Gasteiger partial charge in [-0.3, -0.25) is 4.79 Å². The number of nitrogens with one attached hydrogen (secondary N) is 1. The third-order valence-electron chi connectivity index (χ3n) is 1.89. The molecular formula is C11H15ClN2O2. The van der Waals surface area contributed by atoms with E-state index in [1.54, 1.807) is 12.1 Å². The van der Waals surface area contributed by atoms with Gasteiger partial charge in [-0.1, -0.05) is 17.7 Å². The molecule has 0 atom stereocenters. The molecule has 5 heteroatoms. The van der Waals surface area contributed by atoms with E-state index in [-0.39, 0.29) is 12.5 Å². The maximum absolute atomic E-state index is 11.4. The van der Waals surface area contributed by atoms with Crippen LogP contribution in [0.5, 0.6) is 0 Å². The Morgan fingerprint density at radius 1 is 1.56 bits per heavy atom. The number of carbonyl (C=O) groups is 1. The lowest BCUT2D eigenvalue weighted by Crippen LogP contribution is -2.20. The van der Waals surface area contributed by atoms with Crippen molar-refractivity contribution in [2.24, 2.45) is 5.73 Å². The highest BCUT2D eigenvalue weighted by Gasteiger charge is 2.05. The van der Waals surface area contributed by atoms with Gasteiger partial charge in [0.15, 0.2) is 0 Å². The number of nitrogens with two attached hydrogens (primary N) is 1. The Kier molecular flexibility index (Phi) is 5.25. The van der Waals surface area contributed by atoms with E-state index in [2.05, 4.69) is 5.32 Å². The Hall–Kier alpha value is -1.10. The summed E-state index contributed by atoms with van der Waals surface area (Å²) in [6.45, 7) is 2.69. The molecule has 88 valence electrons. The second-order valence-corrected chi connectivity index (χ2v) is 3.78. The number of carbonyl (C=O) groups excluding carboxylic acids is 1. The zero-order valence-electron chi connectivity index (χ0n) is 9.13. The van der Waals surface area contributed by atoms with Crippen molar-refractivity contribution in [1.82, 2.24) is 0 Å². The Balaban J connectivity index is 2.49. The summed E-state index contributed by atoms with van der Waals surface area (Å²) in [7, 11) is 0. The lowest BCUT2D eigenvalue weighted by molar-refractivity contribution is -0.120. The number of anilines is 1. The molecule has 0 aliphatic carbocycles. The summed E-state index contributed by atoms with van der Waals surface area (Å²) in [5.74, 6) is -0.237. The zero-order chi connectivity index (χ0) is 12.0. The summed E-state index contributed by atoms with van der Waals surface area (Å²) in [5, 5.41) is 3.18. The maximum Gasteiger partial charge on any atom is 0.250 e. The van der Waals surface area contributed by atoms with E-state index in [1.165, 1.54) is 0 Å². The zero-order valence-corrected chi connectivity index (χ0v) is 9.88. The molecule has 0 heterocycles. The van der Waals surface area contributed by atoms with Crippen LogP contribution in [0.15, 0.2) is 18.2 Å². The fraction of sp³-hybridized carbons (Fsp3) is 0.364. The molecule has 1 aromatic carbocycles. The van der Waals surface area contributed by atoms with Gasteiger partial charge in [-0.2, -0.15) is 0 Å². The molecule has 0 fully saturated rings. The number of rotatable bonds is 5. The maximum atomic E-state index is 11.4. The number of ether oxygens (including phenoxy) is 1. The predicted molar refractivity (Wildman–Crippen MR) is 64.7 cm³/mol. The van der Waals surface area contributed by atoms with Gasteiger partial charge in [-0.25, -0.2) is 0 Å². The monoisotopic (exact) mass is 242 g/mol. The molecule has 0 spiro atoms. The Bertz CT molecular complexity index is 369. The van der Waals surface area contributed by atoms with Crippen LogP contribution in [-0.2, 0) is 9.53 Å². The van der Waals surface area contributed by atoms with E-state index in [1.807, 2.05) is 13.0 Å². The molecule has 0 unspecified atom stereocenters. The van der Waals surface area contributed by atoms with Crippen molar-refractivity contribution in [1.29, 1.82) is 0 Å². The van der Waals surface area contributed by atoms with Crippen molar-refractivity contribution < 1.29 is 9.53 Å². The van der Waals surface area contributed by atoms with Gasteiger partial charge in [-0.15, -0.1) is 0 Å².